The van der Waals surface area contributed by atoms with Crippen LogP contribution in [0, 0.1) is 11.8 Å². The summed E-state index contributed by atoms with van der Waals surface area (Å²) in [6.45, 7) is 27.9. The molecule has 0 saturated carbocycles. The number of fused-ring (bicyclic) bond motifs is 2. The van der Waals surface area contributed by atoms with E-state index in [1.54, 1.807) is 18.7 Å². The fraction of sp³-hybridized carbons (Fsp3) is 0.486. The fourth-order valence-electron chi connectivity index (χ4n) is 14.6. The van der Waals surface area contributed by atoms with Crippen LogP contribution >= 0.6 is 69.9 Å². The number of benzene rings is 4. The van der Waals surface area contributed by atoms with E-state index in [1.165, 1.54) is 23.5 Å². The molecule has 0 aromatic heterocycles. The van der Waals surface area contributed by atoms with Gasteiger partial charge in [-0.15, -0.1) is 0 Å². The molecule has 0 aliphatic carbocycles. The SMILES string of the molecule is CC(=O)N1CCN(C(=O)[C@@H]2CC[C@@H](C)N2C(=O)C2=C(C(C)C)N3C(=N[C@@](C)(c4ccc(Cl)cc4)[C@H]3c3ccc(Cl)cc3)S2)C[C@H]1C.CC(=O)N1CCNC[C@H]1C.CC(C)C1=C(C(=O)N2[C@H](C)CC[C@H]2C(=O)O)SC2=N[C@@](C)(c3ccc(Cl)cc3)[C@@H](c3ccc(Cl)cc3)N21. The third kappa shape index (κ3) is 13.7. The van der Waals surface area contributed by atoms with E-state index in [0.717, 1.165) is 70.0 Å². The van der Waals surface area contributed by atoms with Crippen LogP contribution in [-0.4, -0.2) is 161 Å². The van der Waals surface area contributed by atoms with E-state index in [4.69, 9.17) is 56.4 Å². The van der Waals surface area contributed by atoms with Gasteiger partial charge in [0.25, 0.3) is 11.8 Å². The molecule has 8 heterocycles. The number of hydrogen-bond acceptors (Lipinski definition) is 13. The number of carboxylic acid groups (broad SMARTS) is 1. The maximum absolute atomic E-state index is 14.7. The monoisotopic (exact) mass is 1380 g/mol. The number of aliphatic carboxylic acids is 1. The summed E-state index contributed by atoms with van der Waals surface area (Å²) in [5, 5.41) is 17.1. The van der Waals surface area contributed by atoms with Gasteiger partial charge in [0.2, 0.25) is 17.7 Å². The van der Waals surface area contributed by atoms with Crippen molar-refractivity contribution in [1.82, 2.24) is 39.6 Å². The van der Waals surface area contributed by atoms with Crippen molar-refractivity contribution >= 4 is 116 Å². The second kappa shape index (κ2) is 28.3. The van der Waals surface area contributed by atoms with E-state index in [-0.39, 0.29) is 71.6 Å². The van der Waals surface area contributed by atoms with Crippen molar-refractivity contribution in [2.45, 2.75) is 168 Å². The minimum atomic E-state index is -0.959. The zero-order valence-corrected chi connectivity index (χ0v) is 59.5. The molecule has 10 atom stereocenters. The van der Waals surface area contributed by atoms with Gasteiger partial charge in [-0.25, -0.2) is 14.8 Å². The lowest BCUT2D eigenvalue weighted by Gasteiger charge is -2.41. The van der Waals surface area contributed by atoms with Gasteiger partial charge in [0, 0.05) is 109 Å². The molecule has 0 unspecified atom stereocenters. The number of carbonyl (C=O) groups is 6. The van der Waals surface area contributed by atoms with Gasteiger partial charge in [0.15, 0.2) is 10.3 Å². The number of piperazine rings is 2. The lowest BCUT2D eigenvalue weighted by Crippen LogP contribution is -2.58. The van der Waals surface area contributed by atoms with Crippen LogP contribution < -0.4 is 5.32 Å². The van der Waals surface area contributed by atoms with Crippen molar-refractivity contribution in [2.75, 3.05) is 39.3 Å². The molecule has 0 radical (unpaired) electrons. The molecule has 12 rings (SSSR count). The fourth-order valence-corrected chi connectivity index (χ4v) is 17.9. The number of carboxylic acids is 1. The van der Waals surface area contributed by atoms with Crippen molar-refractivity contribution in [3.05, 3.63) is 161 Å². The number of amidine groups is 2. The smallest absolute Gasteiger partial charge is 0.326 e. The van der Waals surface area contributed by atoms with E-state index in [2.05, 4.69) is 63.6 Å². The van der Waals surface area contributed by atoms with E-state index in [0.29, 0.717) is 74.8 Å². The van der Waals surface area contributed by atoms with E-state index in [1.807, 2.05) is 137 Å². The Hall–Kier alpha value is -6.06. The number of thioether (sulfide) groups is 2. The highest BCUT2D eigenvalue weighted by atomic mass is 35.5. The van der Waals surface area contributed by atoms with Crippen molar-refractivity contribution in [3.8, 4) is 0 Å². The predicted molar refractivity (Wildman–Crippen MR) is 373 cm³/mol. The van der Waals surface area contributed by atoms with Gasteiger partial charge in [-0.3, -0.25) is 24.0 Å². The molecule has 496 valence electrons. The van der Waals surface area contributed by atoms with Crippen molar-refractivity contribution in [2.24, 2.45) is 21.8 Å². The summed E-state index contributed by atoms with van der Waals surface area (Å²) in [6.07, 6.45) is 2.51. The molecular formula is C70H84Cl4N10O7S2. The zero-order valence-electron chi connectivity index (χ0n) is 54.8. The highest BCUT2D eigenvalue weighted by molar-refractivity contribution is 8.18. The topological polar surface area (TPSA) is 182 Å². The molecule has 4 aromatic rings. The Kier molecular flexibility index (Phi) is 21.3. The quantitative estimate of drug-likeness (QED) is 0.154. The molecule has 0 spiro atoms. The Morgan fingerprint density at radius 1 is 0.538 bits per heavy atom. The maximum Gasteiger partial charge on any atom is 0.326 e. The molecular weight excluding hydrogens is 1300 g/mol. The van der Waals surface area contributed by atoms with Crippen LogP contribution in [0.4, 0.5) is 0 Å². The van der Waals surface area contributed by atoms with Crippen molar-refractivity contribution < 1.29 is 33.9 Å². The number of nitrogens with one attached hydrogen (secondary N) is 1. The second-order valence-electron chi connectivity index (χ2n) is 26.4. The molecule has 17 nitrogen and oxygen atoms in total. The van der Waals surface area contributed by atoms with Crippen LogP contribution in [0.5, 0.6) is 0 Å². The molecule has 0 bridgehead atoms. The van der Waals surface area contributed by atoms with Gasteiger partial charge < -0.3 is 44.7 Å². The summed E-state index contributed by atoms with van der Waals surface area (Å²) >= 11 is 27.8. The number of hydrogen-bond donors (Lipinski definition) is 2. The maximum atomic E-state index is 14.7. The van der Waals surface area contributed by atoms with Crippen LogP contribution in [0.25, 0.3) is 0 Å². The summed E-state index contributed by atoms with van der Waals surface area (Å²) < 4.78 is 0. The van der Waals surface area contributed by atoms with Crippen LogP contribution in [0.15, 0.2) is 128 Å². The third-order valence-corrected chi connectivity index (χ3v) is 22.5. The van der Waals surface area contributed by atoms with Crippen LogP contribution in [-0.2, 0) is 39.8 Å². The molecule has 5 amide bonds. The number of nitrogens with zero attached hydrogens (tertiary/aromatic N) is 9. The van der Waals surface area contributed by atoms with Gasteiger partial charge in [-0.1, -0.05) is 123 Å². The number of rotatable bonds is 10. The molecule has 4 saturated heterocycles. The molecule has 4 aromatic carbocycles. The average Bonchev–Trinajstić information content (AvgIpc) is 1.57. The molecule has 23 heteroatoms. The first kappa shape index (κ1) is 69.8. The van der Waals surface area contributed by atoms with Crippen LogP contribution in [0.1, 0.15) is 143 Å². The van der Waals surface area contributed by atoms with E-state index < -0.39 is 29.1 Å². The second-order valence-corrected chi connectivity index (χ2v) is 30.1. The summed E-state index contributed by atoms with van der Waals surface area (Å²) in [5.74, 6) is -1.12. The van der Waals surface area contributed by atoms with Crippen LogP contribution in [0.3, 0.4) is 0 Å². The number of carbonyl (C=O) groups excluding carboxylic acids is 5. The van der Waals surface area contributed by atoms with Gasteiger partial charge in [-0.2, -0.15) is 0 Å². The van der Waals surface area contributed by atoms with Gasteiger partial charge >= 0.3 is 5.97 Å². The number of halogens is 4. The molecule has 8 aliphatic heterocycles. The van der Waals surface area contributed by atoms with Gasteiger partial charge in [-0.05, 0) is 173 Å². The summed E-state index contributed by atoms with van der Waals surface area (Å²) in [6, 6.07) is 29.4. The number of amides is 5. The molecule has 8 aliphatic rings. The Morgan fingerprint density at radius 3 is 1.29 bits per heavy atom. The number of aliphatic imine (C=N–C) groups is 2. The number of likely N-dealkylation sites (tertiary alicyclic amines) is 2. The lowest BCUT2D eigenvalue weighted by molar-refractivity contribution is -0.147. The molecule has 2 N–H and O–H groups in total. The standard InChI is InChI=1S/C35H41Cl2N5O3S.C28H29Cl2N3O3S.C7H14N2O/c1-20(2)29-30(33(45)41-21(3)7-16-28(41)32(44)39-17-18-40(23(5)43)22(4)19-39)46-34-38-35(6,25-10-14-27(37)15-11-25)31(42(29)34)24-8-12-26(36)13-9-24;1-15(2)22-23(25(34)32-16(3)5-14-21(32)26(35)36)37-27-31-28(4,18-8-12-20(30)13-9-18)24(33(22)27)17-6-10-19(29)11-7-17;1-6-5-8-3-4-9(6)7(2)10/h8-15,20-22,28,31H,7,16-19H2,1-6H3;6-13,15-16,21,24H,5,14H2,1-4H3,(H,35,36);6,8H,3-5H2,1-2H3/t21-,22-,28+,31-,35+;16-,21+,24-,28+;6-/m111/s1. The van der Waals surface area contributed by atoms with E-state index in [9.17, 15) is 33.9 Å². The normalized spacial score (nSPS) is 27.5. The Labute approximate surface area is 575 Å². The van der Waals surface area contributed by atoms with Crippen LogP contribution in [0.2, 0.25) is 20.1 Å². The van der Waals surface area contributed by atoms with Crippen molar-refractivity contribution in [3.63, 3.8) is 0 Å². The highest BCUT2D eigenvalue weighted by Crippen LogP contribution is 2.59. The first-order valence-corrected chi connectivity index (χ1v) is 35.3. The third-order valence-electron chi connectivity index (χ3n) is 19.4. The summed E-state index contributed by atoms with van der Waals surface area (Å²) in [5.41, 5.74) is 4.56. The highest BCUT2D eigenvalue weighted by Gasteiger charge is 2.57. The first-order chi connectivity index (χ1) is 44.1. The minimum Gasteiger partial charge on any atom is -0.480 e. The lowest BCUT2D eigenvalue weighted by atomic mass is 9.81. The predicted octanol–water partition coefficient (Wildman–Crippen LogP) is 13.2. The van der Waals surface area contributed by atoms with E-state index >= 15 is 0 Å². The average molecular weight is 1380 g/mol. The first-order valence-electron chi connectivity index (χ1n) is 32.1. The zero-order chi connectivity index (χ0) is 67.3. The largest absolute Gasteiger partial charge is 0.480 e. The summed E-state index contributed by atoms with van der Waals surface area (Å²) in [4.78, 5) is 103. The Morgan fingerprint density at radius 2 is 0.925 bits per heavy atom. The van der Waals surface area contributed by atoms with Gasteiger partial charge in [0.05, 0.1) is 12.1 Å². The molecule has 93 heavy (non-hydrogen) atoms. The van der Waals surface area contributed by atoms with Gasteiger partial charge in [0.1, 0.15) is 33.0 Å². The molecule has 4 fully saturated rings. The minimum absolute atomic E-state index is 0.00250. The summed E-state index contributed by atoms with van der Waals surface area (Å²) in [7, 11) is 0. The Balaban J connectivity index is 0.000000180. The Bertz CT molecular complexity index is 3670. The number of allylic oxidation sites excluding steroid dienone is 2. The van der Waals surface area contributed by atoms with Crippen molar-refractivity contribution in [1.29, 1.82) is 0 Å².